The Kier molecular flexibility index (Phi) is 8.10. The van der Waals surface area contributed by atoms with Crippen LogP contribution in [0.4, 0.5) is 11.4 Å². The molecule has 1 aromatic carbocycles. The summed E-state index contributed by atoms with van der Waals surface area (Å²) in [5.74, 6) is -0.416. The van der Waals surface area contributed by atoms with Crippen molar-refractivity contribution in [3.8, 4) is 0 Å². The van der Waals surface area contributed by atoms with E-state index in [9.17, 15) is 23.3 Å². The largest absolute Gasteiger partial charge is 0.370 e. The first-order valence-electron chi connectivity index (χ1n) is 11.6. The van der Waals surface area contributed by atoms with Gasteiger partial charge in [0.05, 0.1) is 16.5 Å². The van der Waals surface area contributed by atoms with E-state index in [0.29, 0.717) is 38.2 Å². The summed E-state index contributed by atoms with van der Waals surface area (Å²) in [7, 11) is -4.00. The highest BCUT2D eigenvalue weighted by Crippen LogP contribution is 2.34. The van der Waals surface area contributed by atoms with Gasteiger partial charge in [0, 0.05) is 51.4 Å². The van der Waals surface area contributed by atoms with Crippen LogP contribution < -0.4 is 4.90 Å². The molecule has 10 heteroatoms. The number of amides is 1. The van der Waals surface area contributed by atoms with Crippen LogP contribution >= 0.6 is 0 Å². The molecule has 2 heterocycles. The van der Waals surface area contributed by atoms with Crippen molar-refractivity contribution in [2.75, 3.05) is 44.2 Å². The van der Waals surface area contributed by atoms with Crippen molar-refractivity contribution in [2.24, 2.45) is 5.92 Å². The van der Waals surface area contributed by atoms with Gasteiger partial charge in [-0.15, -0.1) is 0 Å². The second-order valence-electron chi connectivity index (χ2n) is 8.52. The second-order valence-corrected chi connectivity index (χ2v) is 10.4. The third kappa shape index (κ3) is 5.23. The van der Waals surface area contributed by atoms with Gasteiger partial charge in [-0.1, -0.05) is 12.8 Å². The maximum atomic E-state index is 13.7. The fraction of sp³-hybridized carbons (Fsp3) is 0.682. The van der Waals surface area contributed by atoms with E-state index < -0.39 is 20.9 Å². The van der Waals surface area contributed by atoms with Crippen LogP contribution in [0.2, 0.25) is 0 Å². The van der Waals surface area contributed by atoms with E-state index >= 15 is 0 Å². The molecule has 1 atom stereocenters. The molecule has 1 aromatic rings. The minimum absolute atomic E-state index is 0.0236. The van der Waals surface area contributed by atoms with E-state index in [1.807, 2.05) is 18.7 Å². The fourth-order valence-electron chi connectivity index (χ4n) is 4.69. The summed E-state index contributed by atoms with van der Waals surface area (Å²) in [5.41, 5.74) is 0.282. The normalized spacial score (nSPS) is 20.6. The third-order valence-electron chi connectivity index (χ3n) is 6.53. The summed E-state index contributed by atoms with van der Waals surface area (Å²) in [5, 5.41) is 11.4. The Morgan fingerprint density at radius 2 is 1.75 bits per heavy atom. The Morgan fingerprint density at radius 1 is 1.09 bits per heavy atom. The number of hydrogen-bond donors (Lipinski definition) is 0. The van der Waals surface area contributed by atoms with E-state index in [4.69, 9.17) is 0 Å². The molecule has 0 bridgehead atoms. The number of non-ortho nitro benzene ring substituents is 1. The lowest BCUT2D eigenvalue weighted by Gasteiger charge is -2.34. The summed E-state index contributed by atoms with van der Waals surface area (Å²) in [6, 6.07) is 4.13. The maximum absolute atomic E-state index is 13.7. The molecule has 3 rings (SSSR count). The average molecular weight is 467 g/mol. The number of carbonyl (C=O) groups is 1. The molecule has 2 fully saturated rings. The van der Waals surface area contributed by atoms with Crippen LogP contribution in [-0.4, -0.2) is 67.7 Å². The summed E-state index contributed by atoms with van der Waals surface area (Å²) >= 11 is 0. The molecule has 0 spiro atoms. The molecule has 32 heavy (non-hydrogen) atoms. The van der Waals surface area contributed by atoms with Gasteiger partial charge in [0.1, 0.15) is 4.90 Å². The Morgan fingerprint density at radius 3 is 2.34 bits per heavy atom. The van der Waals surface area contributed by atoms with Crippen molar-refractivity contribution in [3.05, 3.63) is 28.3 Å². The van der Waals surface area contributed by atoms with E-state index in [-0.39, 0.29) is 23.0 Å². The Labute approximate surface area is 190 Å². The summed E-state index contributed by atoms with van der Waals surface area (Å²) in [6.45, 7) is 6.87. The number of rotatable bonds is 7. The zero-order valence-corrected chi connectivity index (χ0v) is 19.8. The van der Waals surface area contributed by atoms with Gasteiger partial charge in [0.15, 0.2) is 0 Å². The van der Waals surface area contributed by atoms with Crippen LogP contribution in [0.5, 0.6) is 0 Å². The number of nitro benzene ring substituents is 1. The molecule has 0 saturated carbocycles. The molecule has 0 radical (unpaired) electrons. The maximum Gasteiger partial charge on any atom is 0.270 e. The molecule has 0 N–H and O–H groups in total. The van der Waals surface area contributed by atoms with Gasteiger partial charge < -0.3 is 9.80 Å². The lowest BCUT2D eigenvalue weighted by molar-refractivity contribution is -0.385. The number of carbonyl (C=O) groups excluding carboxylic acids is 1. The molecule has 178 valence electrons. The zero-order chi connectivity index (χ0) is 23.3. The van der Waals surface area contributed by atoms with Crippen LogP contribution in [0, 0.1) is 16.0 Å². The first kappa shape index (κ1) is 24.4. The SMILES string of the molecule is CCN(CC)C(=O)[C@H]1CCCN(S(=O)(=O)c2cc([N+](=O)[O-])ccc2N2CCCCCC2)C1. The number of nitro groups is 1. The van der Waals surface area contributed by atoms with Gasteiger partial charge in [0.2, 0.25) is 15.9 Å². The number of anilines is 1. The monoisotopic (exact) mass is 466 g/mol. The van der Waals surface area contributed by atoms with Crippen molar-refractivity contribution in [2.45, 2.75) is 57.3 Å². The molecular formula is C22H34N4O5S. The highest BCUT2D eigenvalue weighted by atomic mass is 32.2. The Bertz CT molecular complexity index is 924. The van der Waals surface area contributed by atoms with Crippen LogP contribution in [0.1, 0.15) is 52.4 Å². The summed E-state index contributed by atoms with van der Waals surface area (Å²) < 4.78 is 28.8. The number of piperidine rings is 1. The van der Waals surface area contributed by atoms with Crippen molar-refractivity contribution >= 4 is 27.3 Å². The van der Waals surface area contributed by atoms with Gasteiger partial charge in [-0.25, -0.2) is 8.42 Å². The minimum atomic E-state index is -4.00. The molecular weight excluding hydrogens is 432 g/mol. The lowest BCUT2D eigenvalue weighted by Crippen LogP contribution is -2.46. The van der Waals surface area contributed by atoms with Crippen LogP contribution in [0.25, 0.3) is 0 Å². The van der Waals surface area contributed by atoms with E-state index in [0.717, 1.165) is 38.8 Å². The van der Waals surface area contributed by atoms with Crippen molar-refractivity contribution in [3.63, 3.8) is 0 Å². The van der Waals surface area contributed by atoms with Gasteiger partial charge in [0.25, 0.3) is 5.69 Å². The van der Waals surface area contributed by atoms with Crippen molar-refractivity contribution < 1.29 is 18.1 Å². The number of hydrogen-bond acceptors (Lipinski definition) is 6. The Hall–Kier alpha value is -2.20. The molecule has 1 amide bonds. The van der Waals surface area contributed by atoms with Crippen molar-refractivity contribution in [1.29, 1.82) is 0 Å². The van der Waals surface area contributed by atoms with E-state index in [1.165, 1.54) is 16.4 Å². The predicted octanol–water partition coefficient (Wildman–Crippen LogP) is 3.24. The van der Waals surface area contributed by atoms with Crippen molar-refractivity contribution in [1.82, 2.24) is 9.21 Å². The van der Waals surface area contributed by atoms with E-state index in [1.54, 1.807) is 11.0 Å². The first-order chi connectivity index (χ1) is 15.3. The molecule has 0 aromatic heterocycles. The predicted molar refractivity (Wildman–Crippen MR) is 123 cm³/mol. The van der Waals surface area contributed by atoms with Crippen LogP contribution in [0.3, 0.4) is 0 Å². The topological polar surface area (TPSA) is 104 Å². The van der Waals surface area contributed by atoms with Gasteiger partial charge >= 0.3 is 0 Å². The third-order valence-corrected chi connectivity index (χ3v) is 8.42. The lowest BCUT2D eigenvalue weighted by atomic mass is 9.98. The molecule has 0 unspecified atom stereocenters. The van der Waals surface area contributed by atoms with Gasteiger partial charge in [-0.05, 0) is 45.6 Å². The smallest absolute Gasteiger partial charge is 0.270 e. The number of nitrogens with zero attached hydrogens (tertiary/aromatic N) is 4. The molecule has 2 saturated heterocycles. The standard InChI is InChI=1S/C22H34N4O5S/c1-3-23(4-2)22(27)18-10-9-15-25(17-18)32(30,31)21-16-19(26(28)29)11-12-20(21)24-13-7-5-6-8-14-24/h11-12,16,18H,3-10,13-15,17H2,1-2H3/t18-/m0/s1. The number of benzene rings is 1. The summed E-state index contributed by atoms with van der Waals surface area (Å²) in [4.78, 5) is 27.5. The van der Waals surface area contributed by atoms with Crippen LogP contribution in [0.15, 0.2) is 23.1 Å². The highest BCUT2D eigenvalue weighted by molar-refractivity contribution is 7.89. The summed E-state index contributed by atoms with van der Waals surface area (Å²) in [6.07, 6.45) is 5.33. The zero-order valence-electron chi connectivity index (χ0n) is 19.0. The first-order valence-corrected chi connectivity index (χ1v) is 13.1. The quantitative estimate of drug-likeness (QED) is 0.451. The fourth-order valence-corrected chi connectivity index (χ4v) is 6.45. The molecule has 2 aliphatic rings. The molecule has 2 aliphatic heterocycles. The number of sulfonamides is 1. The molecule has 0 aliphatic carbocycles. The Balaban J connectivity index is 1.96. The highest BCUT2D eigenvalue weighted by Gasteiger charge is 2.37. The van der Waals surface area contributed by atoms with E-state index in [2.05, 4.69) is 0 Å². The minimum Gasteiger partial charge on any atom is -0.370 e. The van der Waals surface area contributed by atoms with Crippen LogP contribution in [-0.2, 0) is 14.8 Å². The average Bonchev–Trinajstić information content (AvgIpc) is 3.09. The molecule has 9 nitrogen and oxygen atoms in total. The van der Waals surface area contributed by atoms with Gasteiger partial charge in [-0.3, -0.25) is 14.9 Å². The van der Waals surface area contributed by atoms with Gasteiger partial charge in [-0.2, -0.15) is 4.31 Å². The second kappa shape index (κ2) is 10.6.